The lowest BCUT2D eigenvalue weighted by Crippen LogP contribution is -2.09. The Bertz CT molecular complexity index is 156. The lowest BCUT2D eigenvalue weighted by molar-refractivity contribution is 0.0557. The van der Waals surface area contributed by atoms with Crippen LogP contribution in [0.15, 0.2) is 0 Å². The van der Waals surface area contributed by atoms with Gasteiger partial charge in [-0.2, -0.15) is 0 Å². The van der Waals surface area contributed by atoms with Crippen molar-refractivity contribution in [3.8, 4) is 0 Å². The molecule has 1 unspecified atom stereocenters. The molecule has 1 atom stereocenters. The second-order valence-electron chi connectivity index (χ2n) is 6.01. The summed E-state index contributed by atoms with van der Waals surface area (Å²) < 4.78 is 5.87. The van der Waals surface area contributed by atoms with Crippen molar-refractivity contribution in [3.63, 3.8) is 0 Å². The summed E-state index contributed by atoms with van der Waals surface area (Å²) >= 11 is 0. The van der Waals surface area contributed by atoms with Crippen LogP contribution in [0, 0.1) is 0 Å². The highest BCUT2D eigenvalue weighted by Crippen LogP contribution is 2.10. The Morgan fingerprint density at radius 2 is 1.11 bits per heavy atom. The fraction of sp³-hybridized carbons (Fsp3) is 1.00. The Labute approximate surface area is 122 Å². The van der Waals surface area contributed by atoms with Gasteiger partial charge in [0.2, 0.25) is 0 Å². The molecule has 0 aromatic rings. The molecule has 1 heteroatoms. The van der Waals surface area contributed by atoms with Crippen molar-refractivity contribution in [3.05, 3.63) is 0 Å². The molecule has 0 rings (SSSR count). The first-order valence-corrected chi connectivity index (χ1v) is 8.92. The van der Waals surface area contributed by atoms with Crippen LogP contribution in [0.5, 0.6) is 0 Å². The second-order valence-corrected chi connectivity index (χ2v) is 6.01. The fourth-order valence-corrected chi connectivity index (χ4v) is 2.46. The van der Waals surface area contributed by atoms with Crippen molar-refractivity contribution >= 4 is 0 Å². The molecule has 0 aliphatic rings. The molecule has 19 heavy (non-hydrogen) atoms. The highest BCUT2D eigenvalue weighted by Gasteiger charge is 2.01. The number of unbranched alkanes of at least 4 members (excludes halogenated alkanes) is 10. The van der Waals surface area contributed by atoms with E-state index in [1.54, 1.807) is 0 Å². The highest BCUT2D eigenvalue weighted by atomic mass is 16.5. The van der Waals surface area contributed by atoms with Crippen LogP contribution in [0.25, 0.3) is 0 Å². The molecule has 0 spiro atoms. The third kappa shape index (κ3) is 15.9. The molecule has 0 saturated heterocycles. The fourth-order valence-electron chi connectivity index (χ4n) is 2.46. The average molecular weight is 271 g/mol. The van der Waals surface area contributed by atoms with E-state index in [0.717, 1.165) is 6.61 Å². The maximum Gasteiger partial charge on any atom is 0.0547 e. The number of ether oxygens (including phenoxy) is 1. The van der Waals surface area contributed by atoms with Crippen molar-refractivity contribution in [2.24, 2.45) is 0 Å². The van der Waals surface area contributed by atoms with E-state index in [4.69, 9.17) is 4.74 Å². The summed E-state index contributed by atoms with van der Waals surface area (Å²) in [7, 11) is 0. The molecule has 1 nitrogen and oxygen atoms in total. The van der Waals surface area contributed by atoms with Crippen molar-refractivity contribution in [1.82, 2.24) is 0 Å². The van der Waals surface area contributed by atoms with E-state index in [1.165, 1.54) is 83.5 Å². The number of rotatable bonds is 15. The SMILES string of the molecule is CCCCCCCCCCOC(C)CCCCCC. The molecule has 0 saturated carbocycles. The van der Waals surface area contributed by atoms with Crippen LogP contribution in [0.4, 0.5) is 0 Å². The largest absolute Gasteiger partial charge is 0.379 e. The minimum Gasteiger partial charge on any atom is -0.379 e. The van der Waals surface area contributed by atoms with E-state index < -0.39 is 0 Å². The van der Waals surface area contributed by atoms with E-state index in [-0.39, 0.29) is 0 Å². The first-order valence-electron chi connectivity index (χ1n) is 8.92. The van der Waals surface area contributed by atoms with Gasteiger partial charge in [0, 0.05) is 6.61 Å². The van der Waals surface area contributed by atoms with Gasteiger partial charge < -0.3 is 4.74 Å². The zero-order valence-electron chi connectivity index (χ0n) is 13.9. The minimum absolute atomic E-state index is 0.474. The van der Waals surface area contributed by atoms with Gasteiger partial charge in [-0.1, -0.05) is 84.5 Å². The Morgan fingerprint density at radius 3 is 1.68 bits per heavy atom. The summed E-state index contributed by atoms with van der Waals surface area (Å²) in [5.41, 5.74) is 0. The third-order valence-electron chi connectivity index (χ3n) is 3.86. The molecule has 0 aromatic carbocycles. The van der Waals surface area contributed by atoms with Gasteiger partial charge in [0.1, 0.15) is 0 Å². The molecular formula is C18H38O. The Hall–Kier alpha value is -0.0400. The molecular weight excluding hydrogens is 232 g/mol. The molecule has 0 fully saturated rings. The Kier molecular flexibility index (Phi) is 16.0. The van der Waals surface area contributed by atoms with Gasteiger partial charge in [0.15, 0.2) is 0 Å². The first kappa shape index (κ1) is 19.0. The van der Waals surface area contributed by atoms with Gasteiger partial charge in [0.25, 0.3) is 0 Å². The summed E-state index contributed by atoms with van der Waals surface area (Å²) in [5.74, 6) is 0. The van der Waals surface area contributed by atoms with Crippen molar-refractivity contribution in [2.45, 2.75) is 110 Å². The number of hydrogen-bond donors (Lipinski definition) is 0. The van der Waals surface area contributed by atoms with E-state index in [1.807, 2.05) is 0 Å². The Balaban J connectivity index is 3.07. The van der Waals surface area contributed by atoms with Crippen molar-refractivity contribution in [2.75, 3.05) is 6.61 Å². The van der Waals surface area contributed by atoms with Gasteiger partial charge in [-0.3, -0.25) is 0 Å². The molecule has 116 valence electrons. The zero-order valence-corrected chi connectivity index (χ0v) is 13.9. The van der Waals surface area contributed by atoms with Crippen LogP contribution >= 0.6 is 0 Å². The van der Waals surface area contributed by atoms with Crippen LogP contribution in [-0.2, 0) is 4.74 Å². The molecule has 0 N–H and O–H groups in total. The summed E-state index contributed by atoms with van der Waals surface area (Å²) in [6.07, 6.45) is 18.2. The summed E-state index contributed by atoms with van der Waals surface area (Å²) in [4.78, 5) is 0. The molecule has 0 aliphatic carbocycles. The summed E-state index contributed by atoms with van der Waals surface area (Å²) in [6.45, 7) is 7.75. The molecule has 0 aliphatic heterocycles. The molecule has 0 bridgehead atoms. The van der Waals surface area contributed by atoms with Gasteiger partial charge >= 0.3 is 0 Å². The van der Waals surface area contributed by atoms with Gasteiger partial charge in [-0.05, 0) is 19.8 Å². The van der Waals surface area contributed by atoms with Crippen LogP contribution in [0.1, 0.15) is 104 Å². The third-order valence-corrected chi connectivity index (χ3v) is 3.86. The predicted octanol–water partition coefficient (Wildman–Crippen LogP) is 6.50. The zero-order chi connectivity index (χ0) is 14.2. The van der Waals surface area contributed by atoms with Crippen molar-refractivity contribution in [1.29, 1.82) is 0 Å². The monoisotopic (exact) mass is 270 g/mol. The predicted molar refractivity (Wildman–Crippen MR) is 86.8 cm³/mol. The van der Waals surface area contributed by atoms with Gasteiger partial charge in [-0.25, -0.2) is 0 Å². The van der Waals surface area contributed by atoms with Gasteiger partial charge in [-0.15, -0.1) is 0 Å². The number of hydrogen-bond acceptors (Lipinski definition) is 1. The van der Waals surface area contributed by atoms with E-state index in [9.17, 15) is 0 Å². The normalized spacial score (nSPS) is 12.8. The quantitative estimate of drug-likeness (QED) is 0.308. The molecule has 0 aromatic heterocycles. The summed E-state index contributed by atoms with van der Waals surface area (Å²) in [6, 6.07) is 0. The standard InChI is InChI=1S/C18H38O/c1-4-6-8-10-11-12-13-15-17-19-18(3)16-14-9-7-5-2/h18H,4-17H2,1-3H3. The lowest BCUT2D eigenvalue weighted by atomic mass is 10.1. The average Bonchev–Trinajstić information content (AvgIpc) is 2.42. The van der Waals surface area contributed by atoms with Crippen molar-refractivity contribution < 1.29 is 4.74 Å². The smallest absolute Gasteiger partial charge is 0.0547 e. The maximum absolute atomic E-state index is 5.87. The maximum atomic E-state index is 5.87. The minimum atomic E-state index is 0.474. The van der Waals surface area contributed by atoms with Crippen LogP contribution in [0.3, 0.4) is 0 Å². The topological polar surface area (TPSA) is 9.23 Å². The van der Waals surface area contributed by atoms with Crippen LogP contribution < -0.4 is 0 Å². The second kappa shape index (κ2) is 16.0. The van der Waals surface area contributed by atoms with Crippen LogP contribution in [-0.4, -0.2) is 12.7 Å². The van der Waals surface area contributed by atoms with E-state index in [0.29, 0.717) is 6.10 Å². The van der Waals surface area contributed by atoms with E-state index in [2.05, 4.69) is 20.8 Å². The lowest BCUT2D eigenvalue weighted by Gasteiger charge is -2.12. The molecule has 0 amide bonds. The van der Waals surface area contributed by atoms with Gasteiger partial charge in [0.05, 0.1) is 6.10 Å². The Morgan fingerprint density at radius 1 is 0.632 bits per heavy atom. The first-order chi connectivity index (χ1) is 9.31. The summed E-state index contributed by atoms with van der Waals surface area (Å²) in [5, 5.41) is 0. The van der Waals surface area contributed by atoms with E-state index >= 15 is 0 Å². The highest BCUT2D eigenvalue weighted by molar-refractivity contribution is 4.52. The van der Waals surface area contributed by atoms with Crippen LogP contribution in [0.2, 0.25) is 0 Å². The molecule has 0 radical (unpaired) electrons. The molecule has 0 heterocycles.